The maximum Gasteiger partial charge on any atom is 0.408 e. The largest absolute Gasteiger partial charge is 0.444 e. The number of ether oxygens (including phenoxy) is 1. The number of carbonyl (C=O) groups excluding carboxylic acids is 1. The van der Waals surface area contributed by atoms with E-state index in [1.54, 1.807) is 51.1 Å². The van der Waals surface area contributed by atoms with Crippen LogP contribution in [0.5, 0.6) is 0 Å². The Kier molecular flexibility index (Phi) is 5.13. The minimum absolute atomic E-state index is 0.393. The van der Waals surface area contributed by atoms with Crippen LogP contribution in [0.15, 0.2) is 30.3 Å². The van der Waals surface area contributed by atoms with Crippen LogP contribution in [0.2, 0.25) is 0 Å². The number of rotatable bonds is 4. The van der Waals surface area contributed by atoms with Gasteiger partial charge in [0.25, 0.3) is 0 Å². The summed E-state index contributed by atoms with van der Waals surface area (Å²) in [6.07, 6.45) is -0.685. The van der Waals surface area contributed by atoms with E-state index in [-0.39, 0.29) is 0 Å². The van der Waals surface area contributed by atoms with Crippen molar-refractivity contribution >= 4 is 16.1 Å². The Hall–Kier alpha value is -1.60. The van der Waals surface area contributed by atoms with Gasteiger partial charge in [0.2, 0.25) is 10.0 Å². The number of sulfonamides is 1. The van der Waals surface area contributed by atoms with Gasteiger partial charge in [0, 0.05) is 0 Å². The van der Waals surface area contributed by atoms with E-state index < -0.39 is 33.5 Å². The third kappa shape index (κ3) is 6.53. The lowest BCUT2D eigenvalue weighted by atomic mass is 10.1. The second kappa shape index (κ2) is 6.23. The summed E-state index contributed by atoms with van der Waals surface area (Å²) in [5.41, 5.74) is -0.0141. The predicted molar refractivity (Wildman–Crippen MR) is 76.5 cm³/mol. The van der Waals surface area contributed by atoms with Crippen LogP contribution >= 0.6 is 0 Å². The van der Waals surface area contributed by atoms with E-state index in [1.807, 2.05) is 0 Å². The lowest BCUT2D eigenvalue weighted by Gasteiger charge is -2.23. The molecule has 0 bridgehead atoms. The second-order valence-corrected chi connectivity index (χ2v) is 7.10. The van der Waals surface area contributed by atoms with Crippen molar-refractivity contribution in [2.45, 2.75) is 32.4 Å². The van der Waals surface area contributed by atoms with E-state index in [4.69, 9.17) is 9.88 Å². The Morgan fingerprint density at radius 3 is 2.30 bits per heavy atom. The minimum atomic E-state index is -3.73. The van der Waals surface area contributed by atoms with Crippen LogP contribution in [-0.4, -0.2) is 25.9 Å². The number of primary sulfonamides is 1. The van der Waals surface area contributed by atoms with Crippen LogP contribution in [0, 0.1) is 0 Å². The van der Waals surface area contributed by atoms with E-state index in [0.717, 1.165) is 0 Å². The zero-order chi connectivity index (χ0) is 15.4. The lowest BCUT2D eigenvalue weighted by Crippen LogP contribution is -2.38. The Bertz CT molecular complexity index is 549. The summed E-state index contributed by atoms with van der Waals surface area (Å²) in [6, 6.07) is 7.98. The molecule has 0 aliphatic carbocycles. The highest BCUT2D eigenvalue weighted by atomic mass is 32.2. The first kappa shape index (κ1) is 16.5. The van der Waals surface area contributed by atoms with Crippen molar-refractivity contribution in [2.75, 3.05) is 5.75 Å². The molecule has 112 valence electrons. The zero-order valence-corrected chi connectivity index (χ0v) is 12.6. The molecule has 0 aliphatic rings. The van der Waals surface area contributed by atoms with Crippen molar-refractivity contribution in [1.29, 1.82) is 0 Å². The van der Waals surface area contributed by atoms with Gasteiger partial charge in [0.1, 0.15) is 5.60 Å². The van der Waals surface area contributed by atoms with E-state index in [0.29, 0.717) is 5.56 Å². The molecule has 3 N–H and O–H groups in total. The molecule has 0 saturated heterocycles. The van der Waals surface area contributed by atoms with E-state index in [9.17, 15) is 13.2 Å². The topological polar surface area (TPSA) is 98.5 Å². The van der Waals surface area contributed by atoms with E-state index in [2.05, 4.69) is 5.32 Å². The van der Waals surface area contributed by atoms with Crippen LogP contribution in [-0.2, 0) is 14.8 Å². The van der Waals surface area contributed by atoms with Crippen molar-refractivity contribution in [3.8, 4) is 0 Å². The van der Waals surface area contributed by atoms with Crippen molar-refractivity contribution in [3.05, 3.63) is 35.9 Å². The van der Waals surface area contributed by atoms with Gasteiger partial charge in [0.05, 0.1) is 11.8 Å². The minimum Gasteiger partial charge on any atom is -0.444 e. The maximum atomic E-state index is 11.8. The quantitative estimate of drug-likeness (QED) is 0.881. The van der Waals surface area contributed by atoms with Crippen molar-refractivity contribution in [1.82, 2.24) is 5.32 Å². The second-order valence-electron chi connectivity index (χ2n) is 5.44. The van der Waals surface area contributed by atoms with Gasteiger partial charge in [-0.1, -0.05) is 30.3 Å². The monoisotopic (exact) mass is 300 g/mol. The number of carbonyl (C=O) groups is 1. The molecule has 1 rings (SSSR count). The molecule has 1 amide bonds. The molecule has 6 nitrogen and oxygen atoms in total. The summed E-state index contributed by atoms with van der Waals surface area (Å²) in [6.45, 7) is 5.18. The maximum absolute atomic E-state index is 11.8. The highest BCUT2D eigenvalue weighted by Crippen LogP contribution is 2.15. The van der Waals surface area contributed by atoms with Gasteiger partial charge < -0.3 is 10.1 Å². The summed E-state index contributed by atoms with van der Waals surface area (Å²) >= 11 is 0. The molecule has 0 radical (unpaired) electrons. The van der Waals surface area contributed by atoms with Crippen molar-refractivity contribution in [3.63, 3.8) is 0 Å². The number of nitrogens with two attached hydrogens (primary N) is 1. The molecule has 0 fully saturated rings. The standard InChI is InChI=1S/C13H20N2O4S/c1-13(2,3)19-12(16)15-11(9-20(14,17)18)10-7-5-4-6-8-10/h4-8,11H,9H2,1-3H3,(H,15,16)(H2,14,17,18). The first-order valence-electron chi connectivity index (χ1n) is 6.12. The highest BCUT2D eigenvalue weighted by molar-refractivity contribution is 7.89. The molecule has 20 heavy (non-hydrogen) atoms. The van der Waals surface area contributed by atoms with Crippen molar-refractivity contribution < 1.29 is 17.9 Å². The number of alkyl carbamates (subject to hydrolysis) is 1. The number of amides is 1. The Balaban J connectivity index is 2.87. The number of hydrogen-bond donors (Lipinski definition) is 2. The fourth-order valence-corrected chi connectivity index (χ4v) is 2.33. The molecule has 0 spiro atoms. The molecule has 0 saturated carbocycles. The Labute approximate surface area is 119 Å². The van der Waals surface area contributed by atoms with Gasteiger partial charge in [-0.25, -0.2) is 18.4 Å². The first-order valence-corrected chi connectivity index (χ1v) is 7.83. The SMILES string of the molecule is CC(C)(C)OC(=O)NC(CS(N)(=O)=O)c1ccccc1. The van der Waals surface area contributed by atoms with E-state index >= 15 is 0 Å². The molecule has 7 heteroatoms. The average Bonchev–Trinajstić information content (AvgIpc) is 2.25. The van der Waals surface area contributed by atoms with Gasteiger partial charge in [-0.05, 0) is 26.3 Å². The summed E-state index contributed by atoms with van der Waals surface area (Å²) in [5.74, 6) is -0.393. The molecule has 1 aromatic carbocycles. The molecule has 1 aromatic rings. The average molecular weight is 300 g/mol. The molecule has 0 aromatic heterocycles. The smallest absolute Gasteiger partial charge is 0.408 e. The molecule has 1 unspecified atom stereocenters. The van der Waals surface area contributed by atoms with Crippen LogP contribution < -0.4 is 10.5 Å². The number of benzene rings is 1. The molecule has 1 atom stereocenters. The summed E-state index contributed by atoms with van der Waals surface area (Å²) in [4.78, 5) is 11.8. The summed E-state index contributed by atoms with van der Waals surface area (Å²) in [7, 11) is -3.73. The van der Waals surface area contributed by atoms with Crippen molar-refractivity contribution in [2.24, 2.45) is 5.14 Å². The van der Waals surface area contributed by atoms with Gasteiger partial charge in [-0.15, -0.1) is 0 Å². The van der Waals surface area contributed by atoms with E-state index in [1.165, 1.54) is 0 Å². The summed E-state index contributed by atoms with van der Waals surface area (Å²) < 4.78 is 27.7. The lowest BCUT2D eigenvalue weighted by molar-refractivity contribution is 0.0509. The fourth-order valence-electron chi connectivity index (χ4n) is 1.59. The van der Waals surface area contributed by atoms with Crippen LogP contribution in [0.25, 0.3) is 0 Å². The Morgan fingerprint density at radius 2 is 1.85 bits per heavy atom. The van der Waals surface area contributed by atoms with Crippen LogP contribution in [0.1, 0.15) is 32.4 Å². The molecule has 0 aliphatic heterocycles. The van der Waals surface area contributed by atoms with Gasteiger partial charge >= 0.3 is 6.09 Å². The normalized spacial score (nSPS) is 13.6. The zero-order valence-electron chi connectivity index (χ0n) is 11.8. The van der Waals surface area contributed by atoms with Gasteiger partial charge in [0.15, 0.2) is 0 Å². The Morgan fingerprint density at radius 1 is 1.30 bits per heavy atom. The summed E-state index contributed by atoms with van der Waals surface area (Å²) in [5, 5.41) is 7.58. The first-order chi connectivity index (χ1) is 9.07. The highest BCUT2D eigenvalue weighted by Gasteiger charge is 2.23. The number of hydrogen-bond acceptors (Lipinski definition) is 4. The third-order valence-electron chi connectivity index (χ3n) is 2.29. The predicted octanol–water partition coefficient (Wildman–Crippen LogP) is 1.54. The van der Waals surface area contributed by atoms with Gasteiger partial charge in [-0.2, -0.15) is 0 Å². The molecule has 0 heterocycles. The van der Waals surface area contributed by atoms with Gasteiger partial charge in [-0.3, -0.25) is 0 Å². The van der Waals surface area contributed by atoms with Crippen LogP contribution in [0.4, 0.5) is 4.79 Å². The molecular formula is C13H20N2O4S. The van der Waals surface area contributed by atoms with Crippen LogP contribution in [0.3, 0.4) is 0 Å². The number of nitrogens with one attached hydrogen (secondary N) is 1. The fraction of sp³-hybridized carbons (Fsp3) is 0.462. The third-order valence-corrected chi connectivity index (χ3v) is 3.09. The molecular weight excluding hydrogens is 280 g/mol.